The van der Waals surface area contributed by atoms with E-state index in [-0.39, 0.29) is 12.2 Å². The van der Waals surface area contributed by atoms with Crippen molar-refractivity contribution in [1.82, 2.24) is 14.9 Å². The first kappa shape index (κ1) is 22.9. The number of likely N-dealkylation sites (tertiary alicyclic amines) is 1. The first-order valence-corrected chi connectivity index (χ1v) is 11.5. The molecule has 0 spiro atoms. The summed E-state index contributed by atoms with van der Waals surface area (Å²) >= 11 is 1.77. The summed E-state index contributed by atoms with van der Waals surface area (Å²) in [5, 5.41) is 18.2. The third-order valence-corrected chi connectivity index (χ3v) is 6.50. The summed E-state index contributed by atoms with van der Waals surface area (Å²) in [6.07, 6.45) is 2.22. The smallest absolute Gasteiger partial charge is 0.414 e. The van der Waals surface area contributed by atoms with E-state index in [1.54, 1.807) is 11.3 Å². The zero-order valence-electron chi connectivity index (χ0n) is 18.1. The van der Waals surface area contributed by atoms with Gasteiger partial charge >= 0.3 is 11.9 Å². The van der Waals surface area contributed by atoms with Gasteiger partial charge in [0.05, 0.1) is 17.1 Å². The molecule has 0 saturated carbocycles. The first-order valence-electron chi connectivity index (χ1n) is 10.6. The van der Waals surface area contributed by atoms with Crippen LogP contribution >= 0.6 is 11.3 Å². The number of aliphatic carboxylic acids is 2. The minimum Gasteiger partial charge on any atom is -0.473 e. The quantitative estimate of drug-likeness (QED) is 0.386. The fraction of sp³-hybridized carbons (Fsp3) is 0.292. The lowest BCUT2D eigenvalue weighted by atomic mass is 10.0. The van der Waals surface area contributed by atoms with Gasteiger partial charge < -0.3 is 24.8 Å². The number of rotatable bonds is 4. The second-order valence-corrected chi connectivity index (χ2v) is 8.93. The van der Waals surface area contributed by atoms with Gasteiger partial charge in [-0.05, 0) is 60.5 Å². The predicted octanol–water partition coefficient (Wildman–Crippen LogP) is 4.13. The Labute approximate surface area is 194 Å². The van der Waals surface area contributed by atoms with Gasteiger partial charge in [-0.2, -0.15) is 0 Å². The molecule has 5 rings (SSSR count). The molecule has 3 heterocycles. The summed E-state index contributed by atoms with van der Waals surface area (Å²) in [5.41, 5.74) is 3.21. The Morgan fingerprint density at radius 2 is 1.85 bits per heavy atom. The minimum atomic E-state index is -1.82. The average Bonchev–Trinajstić information content (AvgIpc) is 3.45. The predicted molar refractivity (Wildman–Crippen MR) is 127 cm³/mol. The fourth-order valence-corrected chi connectivity index (χ4v) is 4.68. The number of H-pyrrole nitrogens is 1. The van der Waals surface area contributed by atoms with E-state index in [0.29, 0.717) is 0 Å². The van der Waals surface area contributed by atoms with Crippen LogP contribution in [0.2, 0.25) is 0 Å². The molecular formula is C24H25N3O5S. The number of carbonyl (C=O) groups is 2. The van der Waals surface area contributed by atoms with Crippen LogP contribution in [0.3, 0.4) is 0 Å². The van der Waals surface area contributed by atoms with E-state index in [1.807, 2.05) is 18.2 Å². The molecule has 1 fully saturated rings. The number of piperidine rings is 1. The van der Waals surface area contributed by atoms with Gasteiger partial charge in [0.2, 0.25) is 0 Å². The molecule has 172 valence electrons. The number of carboxylic acid groups (broad SMARTS) is 2. The van der Waals surface area contributed by atoms with Crippen molar-refractivity contribution in [2.24, 2.45) is 0 Å². The zero-order valence-corrected chi connectivity index (χ0v) is 18.9. The van der Waals surface area contributed by atoms with Gasteiger partial charge in [0.25, 0.3) is 0 Å². The Balaban J connectivity index is 0.000000385. The molecule has 3 N–H and O–H groups in total. The lowest BCUT2D eigenvalue weighted by molar-refractivity contribution is -0.159. The molecule has 9 heteroatoms. The average molecular weight is 468 g/mol. The maximum Gasteiger partial charge on any atom is 0.414 e. The van der Waals surface area contributed by atoms with Crippen molar-refractivity contribution in [3.8, 4) is 0 Å². The van der Waals surface area contributed by atoms with Crippen LogP contribution in [0.4, 0.5) is 0 Å². The van der Waals surface area contributed by atoms with Gasteiger partial charge in [0.15, 0.2) is 0 Å². The summed E-state index contributed by atoms with van der Waals surface area (Å²) < 4.78 is 7.94. The monoisotopic (exact) mass is 467 g/mol. The van der Waals surface area contributed by atoms with Gasteiger partial charge in [-0.1, -0.05) is 24.3 Å². The molecule has 2 aromatic carbocycles. The topological polar surface area (TPSA) is 116 Å². The third kappa shape index (κ3) is 5.57. The van der Waals surface area contributed by atoms with Crippen molar-refractivity contribution < 1.29 is 24.5 Å². The van der Waals surface area contributed by atoms with Crippen LogP contribution in [-0.4, -0.2) is 63.3 Å². The van der Waals surface area contributed by atoms with Gasteiger partial charge in [-0.15, -0.1) is 11.3 Å². The van der Waals surface area contributed by atoms with Crippen LogP contribution in [0.25, 0.3) is 21.1 Å². The molecular weight excluding hydrogens is 442 g/mol. The second kappa shape index (κ2) is 10.1. The Kier molecular flexibility index (Phi) is 7.02. The molecule has 4 aromatic rings. The lowest BCUT2D eigenvalue weighted by Crippen LogP contribution is -2.35. The molecule has 1 unspecified atom stereocenters. The zero-order chi connectivity index (χ0) is 23.4. The van der Waals surface area contributed by atoms with E-state index in [2.05, 4.69) is 52.6 Å². The highest BCUT2D eigenvalue weighted by atomic mass is 32.1. The number of imidazole rings is 1. The molecule has 33 heavy (non-hydrogen) atoms. The Morgan fingerprint density at radius 1 is 1.12 bits per heavy atom. The van der Waals surface area contributed by atoms with Crippen molar-refractivity contribution >= 4 is 44.4 Å². The molecule has 1 aliphatic rings. The van der Waals surface area contributed by atoms with Crippen LogP contribution < -0.4 is 0 Å². The summed E-state index contributed by atoms with van der Waals surface area (Å²) in [6.45, 7) is 2.17. The number of thiophene rings is 1. The molecule has 0 radical (unpaired) electrons. The Hall–Kier alpha value is -3.27. The molecule has 1 aliphatic heterocycles. The minimum absolute atomic E-state index is 0.169. The number of nitrogens with one attached hydrogen (secondary N) is 1. The van der Waals surface area contributed by atoms with Crippen LogP contribution in [-0.2, 0) is 14.3 Å². The molecule has 1 saturated heterocycles. The molecule has 1 atom stereocenters. The summed E-state index contributed by atoms with van der Waals surface area (Å²) in [5.74, 6) is -2.75. The van der Waals surface area contributed by atoms with Crippen molar-refractivity contribution in [1.29, 1.82) is 0 Å². The number of nitrogens with zero attached hydrogens (tertiary/aromatic N) is 2. The number of hydrogen-bond donors (Lipinski definition) is 3. The van der Waals surface area contributed by atoms with Crippen LogP contribution in [0, 0.1) is 0 Å². The van der Waals surface area contributed by atoms with E-state index in [1.165, 1.54) is 15.6 Å². The van der Waals surface area contributed by atoms with Crippen molar-refractivity contribution in [2.45, 2.75) is 25.0 Å². The van der Waals surface area contributed by atoms with E-state index in [0.717, 1.165) is 42.8 Å². The highest BCUT2D eigenvalue weighted by molar-refractivity contribution is 7.17. The van der Waals surface area contributed by atoms with Crippen LogP contribution in [0.1, 0.15) is 30.3 Å². The SMILES string of the molecule is CN1CCC(OC(c2ccc3ccsc3c2)c2nc3ccccc3[nH]2)CC1.O=C(O)C(=O)O. The first-order chi connectivity index (χ1) is 15.9. The van der Waals surface area contributed by atoms with E-state index >= 15 is 0 Å². The normalized spacial score (nSPS) is 15.8. The summed E-state index contributed by atoms with van der Waals surface area (Å²) in [4.78, 5) is 28.9. The Bertz CT molecular complexity index is 1210. The van der Waals surface area contributed by atoms with Gasteiger partial charge in [0.1, 0.15) is 11.9 Å². The summed E-state index contributed by atoms with van der Waals surface area (Å²) in [6, 6.07) is 17.0. The largest absolute Gasteiger partial charge is 0.473 e. The number of aromatic amines is 1. The standard InChI is InChI=1S/C22H23N3OS.C2H2O4/c1-25-11-8-17(9-12-25)26-21(16-7-6-15-10-13-27-20(15)14-16)22-23-18-4-2-3-5-19(18)24-22;3-1(4)2(5)6/h2-7,10,13-14,17,21H,8-9,11-12H2,1H3,(H,23,24);(H,3,4)(H,5,6). The number of aromatic nitrogens is 2. The molecule has 0 amide bonds. The maximum absolute atomic E-state index is 9.10. The molecule has 8 nitrogen and oxygen atoms in total. The Morgan fingerprint density at radius 3 is 2.55 bits per heavy atom. The van der Waals surface area contributed by atoms with E-state index in [4.69, 9.17) is 29.5 Å². The number of ether oxygens (including phenoxy) is 1. The van der Waals surface area contributed by atoms with Gasteiger partial charge in [-0.3, -0.25) is 0 Å². The number of fused-ring (bicyclic) bond motifs is 2. The highest BCUT2D eigenvalue weighted by Crippen LogP contribution is 2.32. The number of carboxylic acids is 2. The van der Waals surface area contributed by atoms with Crippen LogP contribution in [0.15, 0.2) is 53.9 Å². The molecule has 2 aromatic heterocycles. The maximum atomic E-state index is 9.10. The van der Waals surface area contributed by atoms with Gasteiger partial charge in [-0.25, -0.2) is 14.6 Å². The van der Waals surface area contributed by atoms with Crippen LogP contribution in [0.5, 0.6) is 0 Å². The van der Waals surface area contributed by atoms with E-state index < -0.39 is 11.9 Å². The van der Waals surface area contributed by atoms with E-state index in [9.17, 15) is 0 Å². The third-order valence-electron chi connectivity index (χ3n) is 5.62. The number of para-hydroxylation sites is 2. The van der Waals surface area contributed by atoms with Crippen molar-refractivity contribution in [3.63, 3.8) is 0 Å². The van der Waals surface area contributed by atoms with Gasteiger partial charge in [0, 0.05) is 17.8 Å². The summed E-state index contributed by atoms with van der Waals surface area (Å²) in [7, 11) is 2.18. The van der Waals surface area contributed by atoms with Crippen molar-refractivity contribution in [2.75, 3.05) is 20.1 Å². The fourth-order valence-electron chi connectivity index (χ4n) is 3.85. The highest BCUT2D eigenvalue weighted by Gasteiger charge is 2.26. The molecule has 0 bridgehead atoms. The molecule has 0 aliphatic carbocycles. The number of benzene rings is 2. The second-order valence-electron chi connectivity index (χ2n) is 7.99. The lowest BCUT2D eigenvalue weighted by Gasteiger charge is -2.31. The van der Waals surface area contributed by atoms with Crippen molar-refractivity contribution in [3.05, 3.63) is 65.3 Å². The number of hydrogen-bond acceptors (Lipinski definition) is 6.